The summed E-state index contributed by atoms with van der Waals surface area (Å²) in [6, 6.07) is 10.2. The highest BCUT2D eigenvalue weighted by molar-refractivity contribution is 6.39. The zero-order chi connectivity index (χ0) is 16.8. The minimum atomic E-state index is -1.09. The molecule has 7 heteroatoms. The molecule has 2 aromatic rings. The lowest BCUT2D eigenvalue weighted by Crippen LogP contribution is -2.39. The molecule has 0 spiro atoms. The van der Waals surface area contributed by atoms with E-state index in [1.165, 1.54) is 0 Å². The monoisotopic (exact) mass is 320 g/mol. The van der Waals surface area contributed by atoms with Gasteiger partial charge in [0.15, 0.2) is 0 Å². The quantitative estimate of drug-likeness (QED) is 0.751. The van der Waals surface area contributed by atoms with Gasteiger partial charge in [0.05, 0.1) is 12.6 Å². The van der Waals surface area contributed by atoms with Gasteiger partial charge in [0.25, 0.3) is 0 Å². The lowest BCUT2D eigenvalue weighted by molar-refractivity contribution is -0.136. The fourth-order valence-electron chi connectivity index (χ4n) is 1.96. The highest BCUT2D eigenvalue weighted by atomic mass is 19.1. The average molecular weight is 320 g/mol. The van der Waals surface area contributed by atoms with Crippen molar-refractivity contribution in [1.29, 1.82) is 0 Å². The lowest BCUT2D eigenvalue weighted by Gasteiger charge is -2.16. The highest BCUT2D eigenvalue weighted by Gasteiger charge is 2.19. The Morgan fingerprint density at radius 2 is 1.61 bits per heavy atom. The number of amides is 2. The Kier molecular flexibility index (Phi) is 5.37. The number of benzene rings is 2. The third-order valence-electron chi connectivity index (χ3n) is 3.02. The Morgan fingerprint density at radius 3 is 2.17 bits per heavy atom. The lowest BCUT2D eigenvalue weighted by atomic mass is 10.1. The fraction of sp³-hybridized carbons (Fsp3) is 0.125. The first-order valence-electron chi connectivity index (χ1n) is 6.73. The molecule has 0 bridgehead atoms. The molecular weight excluding hydrogens is 306 g/mol. The fourth-order valence-corrected chi connectivity index (χ4v) is 1.96. The van der Waals surface area contributed by atoms with E-state index in [4.69, 9.17) is 0 Å². The first-order valence-corrected chi connectivity index (χ1v) is 6.73. The van der Waals surface area contributed by atoms with E-state index in [1.54, 1.807) is 30.3 Å². The molecule has 0 aliphatic rings. The normalized spacial score (nSPS) is 11.6. The number of hydrogen-bond acceptors (Lipinski definition) is 3. The molecule has 0 saturated carbocycles. The Bertz CT molecular complexity index is 687. The van der Waals surface area contributed by atoms with Crippen molar-refractivity contribution in [2.24, 2.45) is 0 Å². The van der Waals surface area contributed by atoms with Crippen LogP contribution in [0.5, 0.6) is 0 Å². The number of hydrogen-bond donors (Lipinski definition) is 3. The van der Waals surface area contributed by atoms with E-state index in [0.717, 1.165) is 12.1 Å². The van der Waals surface area contributed by atoms with Gasteiger partial charge in [0.1, 0.15) is 11.6 Å². The third-order valence-corrected chi connectivity index (χ3v) is 3.02. The van der Waals surface area contributed by atoms with Crippen molar-refractivity contribution in [2.45, 2.75) is 6.04 Å². The molecule has 0 aromatic heterocycles. The predicted molar refractivity (Wildman–Crippen MR) is 79.4 cm³/mol. The van der Waals surface area contributed by atoms with E-state index in [-0.39, 0.29) is 5.69 Å². The van der Waals surface area contributed by atoms with Crippen LogP contribution in [0.2, 0.25) is 0 Å². The molecule has 1 unspecified atom stereocenters. The molecule has 120 valence electrons. The maximum absolute atomic E-state index is 13.0. The first-order chi connectivity index (χ1) is 11.0. The number of carbonyl (C=O) groups excluding carboxylic acids is 2. The highest BCUT2D eigenvalue weighted by Crippen LogP contribution is 2.14. The molecule has 0 fully saturated rings. The van der Waals surface area contributed by atoms with E-state index in [9.17, 15) is 23.5 Å². The summed E-state index contributed by atoms with van der Waals surface area (Å²) in [4.78, 5) is 23.6. The van der Waals surface area contributed by atoms with Gasteiger partial charge in [0.2, 0.25) is 0 Å². The van der Waals surface area contributed by atoms with Crippen molar-refractivity contribution in [2.75, 3.05) is 11.9 Å². The van der Waals surface area contributed by atoms with Crippen LogP contribution < -0.4 is 10.6 Å². The van der Waals surface area contributed by atoms with Gasteiger partial charge in [0, 0.05) is 11.8 Å². The summed E-state index contributed by atoms with van der Waals surface area (Å²) in [6.07, 6.45) is 0. The second kappa shape index (κ2) is 7.46. The van der Waals surface area contributed by atoms with Crippen LogP contribution in [0.4, 0.5) is 14.5 Å². The van der Waals surface area contributed by atoms with Crippen LogP contribution in [0.1, 0.15) is 11.6 Å². The number of rotatable bonds is 4. The van der Waals surface area contributed by atoms with E-state index < -0.39 is 36.1 Å². The van der Waals surface area contributed by atoms with Gasteiger partial charge in [-0.15, -0.1) is 0 Å². The SMILES string of the molecule is O=C(Nc1cc(F)cc(F)c1)C(=O)NC(CO)c1ccccc1. The Labute approximate surface area is 130 Å². The number of aliphatic hydroxyl groups is 1. The minimum Gasteiger partial charge on any atom is -0.394 e. The van der Waals surface area contributed by atoms with E-state index in [2.05, 4.69) is 10.6 Å². The van der Waals surface area contributed by atoms with Crippen LogP contribution in [0, 0.1) is 11.6 Å². The molecule has 0 radical (unpaired) electrons. The zero-order valence-electron chi connectivity index (χ0n) is 11.9. The topological polar surface area (TPSA) is 78.4 Å². The summed E-state index contributed by atoms with van der Waals surface area (Å²) >= 11 is 0. The maximum Gasteiger partial charge on any atom is 0.313 e. The number of carbonyl (C=O) groups is 2. The van der Waals surface area contributed by atoms with Gasteiger partial charge in [-0.3, -0.25) is 9.59 Å². The molecule has 1 atom stereocenters. The van der Waals surface area contributed by atoms with Crippen LogP contribution in [0.15, 0.2) is 48.5 Å². The van der Waals surface area contributed by atoms with Crippen LogP contribution in [0.3, 0.4) is 0 Å². The number of halogens is 2. The first kappa shape index (κ1) is 16.6. The van der Waals surface area contributed by atoms with Crippen molar-refractivity contribution >= 4 is 17.5 Å². The van der Waals surface area contributed by atoms with Crippen LogP contribution in [-0.2, 0) is 9.59 Å². The van der Waals surface area contributed by atoms with Gasteiger partial charge in [-0.25, -0.2) is 8.78 Å². The predicted octanol–water partition coefficient (Wildman–Crippen LogP) is 1.75. The summed E-state index contributed by atoms with van der Waals surface area (Å²) in [5.74, 6) is -3.88. The third kappa shape index (κ3) is 4.58. The Hall–Kier alpha value is -2.80. The molecule has 0 heterocycles. The maximum atomic E-state index is 13.0. The number of aliphatic hydroxyl groups excluding tert-OH is 1. The van der Waals surface area contributed by atoms with Gasteiger partial charge < -0.3 is 15.7 Å². The minimum absolute atomic E-state index is 0.178. The van der Waals surface area contributed by atoms with Gasteiger partial charge in [-0.05, 0) is 17.7 Å². The van der Waals surface area contributed by atoms with Gasteiger partial charge in [-0.2, -0.15) is 0 Å². The number of anilines is 1. The van der Waals surface area contributed by atoms with Crippen LogP contribution >= 0.6 is 0 Å². The molecule has 23 heavy (non-hydrogen) atoms. The molecule has 2 aromatic carbocycles. The summed E-state index contributed by atoms with van der Waals surface area (Å²) in [6.45, 7) is -0.405. The molecule has 0 aliphatic heterocycles. The number of nitrogens with one attached hydrogen (secondary N) is 2. The molecule has 5 nitrogen and oxygen atoms in total. The van der Waals surface area contributed by atoms with Crippen molar-refractivity contribution < 1.29 is 23.5 Å². The molecular formula is C16H14F2N2O3. The standard InChI is InChI=1S/C16H14F2N2O3/c17-11-6-12(18)8-13(7-11)19-15(22)16(23)20-14(9-21)10-4-2-1-3-5-10/h1-8,14,21H,9H2,(H,19,22)(H,20,23). The largest absolute Gasteiger partial charge is 0.394 e. The van der Waals surface area contributed by atoms with E-state index in [1.807, 2.05) is 0 Å². The van der Waals surface area contributed by atoms with Crippen LogP contribution in [-0.4, -0.2) is 23.5 Å². The Morgan fingerprint density at radius 1 is 1.00 bits per heavy atom. The summed E-state index contributed by atoms with van der Waals surface area (Å²) < 4.78 is 26.1. The van der Waals surface area contributed by atoms with E-state index in [0.29, 0.717) is 11.6 Å². The summed E-state index contributed by atoms with van der Waals surface area (Å²) in [5, 5.41) is 13.8. The summed E-state index contributed by atoms with van der Waals surface area (Å²) in [5.41, 5.74) is 0.441. The molecule has 3 N–H and O–H groups in total. The second-order valence-corrected chi connectivity index (χ2v) is 4.73. The van der Waals surface area contributed by atoms with E-state index >= 15 is 0 Å². The van der Waals surface area contributed by atoms with Gasteiger partial charge >= 0.3 is 11.8 Å². The zero-order valence-corrected chi connectivity index (χ0v) is 11.9. The molecule has 2 amide bonds. The Balaban J connectivity index is 2.03. The van der Waals surface area contributed by atoms with Crippen molar-refractivity contribution in [3.63, 3.8) is 0 Å². The molecule has 0 aliphatic carbocycles. The van der Waals surface area contributed by atoms with Gasteiger partial charge in [-0.1, -0.05) is 30.3 Å². The molecule has 0 saturated heterocycles. The van der Waals surface area contributed by atoms with Crippen LogP contribution in [0.25, 0.3) is 0 Å². The molecule has 2 rings (SSSR count). The smallest absolute Gasteiger partial charge is 0.313 e. The average Bonchev–Trinajstić information content (AvgIpc) is 2.52. The van der Waals surface area contributed by atoms with Crippen molar-refractivity contribution in [1.82, 2.24) is 5.32 Å². The van der Waals surface area contributed by atoms with Crippen molar-refractivity contribution in [3.05, 3.63) is 65.7 Å². The van der Waals surface area contributed by atoms with Crippen molar-refractivity contribution in [3.8, 4) is 0 Å². The summed E-state index contributed by atoms with van der Waals surface area (Å²) in [7, 11) is 0. The second-order valence-electron chi connectivity index (χ2n) is 4.73.